The van der Waals surface area contributed by atoms with Crippen LogP contribution in [0.2, 0.25) is 0 Å². The van der Waals surface area contributed by atoms with Gasteiger partial charge in [0.2, 0.25) is 11.8 Å². The van der Waals surface area contributed by atoms with Crippen molar-refractivity contribution in [2.24, 2.45) is 5.92 Å². The number of amides is 3. The number of carbonyl (C=O) groups is 5. The van der Waals surface area contributed by atoms with Gasteiger partial charge in [0.1, 0.15) is 17.4 Å². The number of hydrogen-bond acceptors (Lipinski definition) is 7. The lowest BCUT2D eigenvalue weighted by Gasteiger charge is -2.28. The standard InChI is InChI=1S/C23H24N2O7/c1-6-31-23(30)17-16(12(4)26)13(5)32-20(17)24-19(27)18(11(2)3)25-21(28)14-9-7-8-10-15(14)22(25)29/h7-11,18H,6H2,1-5H3,(H,24,27). The van der Waals surface area contributed by atoms with Crippen LogP contribution in [0.25, 0.3) is 0 Å². The van der Waals surface area contributed by atoms with Gasteiger partial charge in [0, 0.05) is 0 Å². The lowest BCUT2D eigenvalue weighted by atomic mass is 10.0. The molecule has 0 spiro atoms. The second kappa shape index (κ2) is 8.78. The number of furan rings is 1. The van der Waals surface area contributed by atoms with E-state index >= 15 is 0 Å². The molecule has 1 aliphatic heterocycles. The summed E-state index contributed by atoms with van der Waals surface area (Å²) in [6.45, 7) is 7.79. The van der Waals surface area contributed by atoms with Gasteiger partial charge >= 0.3 is 5.97 Å². The monoisotopic (exact) mass is 440 g/mol. The minimum atomic E-state index is -1.18. The highest BCUT2D eigenvalue weighted by molar-refractivity contribution is 6.23. The molecule has 1 aliphatic rings. The highest BCUT2D eigenvalue weighted by Gasteiger charge is 2.44. The van der Waals surface area contributed by atoms with Crippen molar-refractivity contribution in [1.29, 1.82) is 0 Å². The molecule has 3 rings (SSSR count). The Hall–Kier alpha value is -3.75. The van der Waals surface area contributed by atoms with E-state index in [1.165, 1.54) is 26.0 Å². The summed E-state index contributed by atoms with van der Waals surface area (Å²) in [6.07, 6.45) is 0. The summed E-state index contributed by atoms with van der Waals surface area (Å²) in [4.78, 5) is 64.5. The average Bonchev–Trinajstić information content (AvgIpc) is 3.17. The van der Waals surface area contributed by atoms with E-state index in [0.717, 1.165) is 4.90 Å². The molecule has 2 aromatic rings. The number of rotatable bonds is 7. The van der Waals surface area contributed by atoms with Crippen molar-refractivity contribution in [3.8, 4) is 0 Å². The van der Waals surface area contributed by atoms with Gasteiger partial charge in [0.05, 0.1) is 23.3 Å². The summed E-state index contributed by atoms with van der Waals surface area (Å²) in [5.74, 6) is -3.73. The third-order valence-electron chi connectivity index (χ3n) is 5.16. The number of benzene rings is 1. The molecule has 1 N–H and O–H groups in total. The highest BCUT2D eigenvalue weighted by atomic mass is 16.5. The first-order valence-electron chi connectivity index (χ1n) is 10.2. The van der Waals surface area contributed by atoms with Crippen LogP contribution in [-0.2, 0) is 9.53 Å². The largest absolute Gasteiger partial charge is 0.462 e. The maximum atomic E-state index is 13.3. The van der Waals surface area contributed by atoms with Gasteiger partial charge in [-0.05, 0) is 38.8 Å². The predicted octanol–water partition coefficient (Wildman–Crippen LogP) is 3.23. The number of Topliss-reactive ketones (excluding diaryl/α,β-unsaturated/α-hetero) is 1. The van der Waals surface area contributed by atoms with Gasteiger partial charge in [-0.3, -0.25) is 29.4 Å². The van der Waals surface area contributed by atoms with E-state index in [1.807, 2.05) is 0 Å². The fraction of sp³-hybridized carbons (Fsp3) is 0.348. The maximum Gasteiger partial charge on any atom is 0.344 e. The first kappa shape index (κ1) is 22.9. The molecule has 0 radical (unpaired) electrons. The Morgan fingerprint density at radius 1 is 1.06 bits per heavy atom. The van der Waals surface area contributed by atoms with E-state index in [9.17, 15) is 24.0 Å². The zero-order valence-electron chi connectivity index (χ0n) is 18.5. The van der Waals surface area contributed by atoms with Gasteiger partial charge in [0.15, 0.2) is 5.78 Å². The van der Waals surface area contributed by atoms with Gasteiger partial charge in [-0.1, -0.05) is 26.0 Å². The summed E-state index contributed by atoms with van der Waals surface area (Å²) >= 11 is 0. The Bertz CT molecular complexity index is 1090. The molecule has 1 atom stereocenters. The zero-order chi connectivity index (χ0) is 23.7. The zero-order valence-corrected chi connectivity index (χ0v) is 18.5. The van der Waals surface area contributed by atoms with Crippen LogP contribution in [0.1, 0.15) is 74.9 Å². The van der Waals surface area contributed by atoms with Crippen molar-refractivity contribution in [2.75, 3.05) is 11.9 Å². The van der Waals surface area contributed by atoms with Crippen molar-refractivity contribution in [1.82, 2.24) is 4.90 Å². The molecular formula is C23H24N2O7. The lowest BCUT2D eigenvalue weighted by Crippen LogP contribution is -2.50. The Morgan fingerprint density at radius 2 is 1.62 bits per heavy atom. The normalized spacial score (nSPS) is 13.9. The number of esters is 1. The molecule has 1 aromatic heterocycles. The Balaban J connectivity index is 1.99. The van der Waals surface area contributed by atoms with E-state index in [2.05, 4.69) is 5.32 Å². The van der Waals surface area contributed by atoms with E-state index in [4.69, 9.17) is 9.15 Å². The number of carbonyl (C=O) groups excluding carboxylic acids is 5. The van der Waals surface area contributed by atoms with Crippen molar-refractivity contribution in [3.63, 3.8) is 0 Å². The number of anilines is 1. The number of fused-ring (bicyclic) bond motifs is 1. The molecule has 168 valence electrons. The van der Waals surface area contributed by atoms with Crippen LogP contribution in [0.5, 0.6) is 0 Å². The van der Waals surface area contributed by atoms with Crippen molar-refractivity contribution >= 4 is 35.4 Å². The van der Waals surface area contributed by atoms with E-state index in [0.29, 0.717) is 0 Å². The van der Waals surface area contributed by atoms with E-state index < -0.39 is 41.4 Å². The van der Waals surface area contributed by atoms with Gasteiger partial charge < -0.3 is 9.15 Å². The first-order chi connectivity index (χ1) is 15.1. The molecule has 32 heavy (non-hydrogen) atoms. The van der Waals surface area contributed by atoms with Crippen LogP contribution >= 0.6 is 0 Å². The Kier molecular flexibility index (Phi) is 6.29. The van der Waals surface area contributed by atoms with Crippen LogP contribution < -0.4 is 5.32 Å². The lowest BCUT2D eigenvalue weighted by molar-refractivity contribution is -0.121. The van der Waals surface area contributed by atoms with Crippen molar-refractivity contribution in [3.05, 3.63) is 52.3 Å². The fourth-order valence-corrected chi connectivity index (χ4v) is 3.82. The number of nitrogens with zero attached hydrogens (tertiary/aromatic N) is 1. The molecule has 1 unspecified atom stereocenters. The van der Waals surface area contributed by atoms with E-state index in [-0.39, 0.29) is 40.5 Å². The van der Waals surface area contributed by atoms with Crippen molar-refractivity contribution in [2.45, 2.75) is 40.7 Å². The van der Waals surface area contributed by atoms with Crippen LogP contribution in [-0.4, -0.2) is 47.0 Å². The molecule has 1 aromatic carbocycles. The van der Waals surface area contributed by atoms with Crippen LogP contribution in [0.3, 0.4) is 0 Å². The smallest absolute Gasteiger partial charge is 0.344 e. The molecular weight excluding hydrogens is 416 g/mol. The molecule has 9 heteroatoms. The summed E-state index contributed by atoms with van der Waals surface area (Å²) in [7, 11) is 0. The van der Waals surface area contributed by atoms with Crippen LogP contribution in [0, 0.1) is 12.8 Å². The predicted molar refractivity (Wildman–Crippen MR) is 114 cm³/mol. The van der Waals surface area contributed by atoms with Gasteiger partial charge in [-0.25, -0.2) is 4.79 Å². The number of nitrogens with one attached hydrogen (secondary N) is 1. The quantitative estimate of drug-likeness (QED) is 0.398. The number of imide groups is 1. The third kappa shape index (κ3) is 3.81. The summed E-state index contributed by atoms with van der Waals surface area (Å²) in [6, 6.07) is 5.15. The molecule has 0 bridgehead atoms. The SMILES string of the molecule is CCOC(=O)c1c(NC(=O)C(C(C)C)N2C(=O)c3ccccc3C2=O)oc(C)c1C(C)=O. The second-order valence-corrected chi connectivity index (χ2v) is 7.72. The van der Waals surface area contributed by atoms with Crippen LogP contribution in [0.4, 0.5) is 5.88 Å². The summed E-state index contributed by atoms with van der Waals surface area (Å²) in [5.41, 5.74) is 0.238. The topological polar surface area (TPSA) is 123 Å². The molecule has 0 fully saturated rings. The average molecular weight is 440 g/mol. The van der Waals surface area contributed by atoms with E-state index in [1.54, 1.807) is 32.9 Å². The minimum absolute atomic E-state index is 0.000535. The molecule has 2 heterocycles. The van der Waals surface area contributed by atoms with Gasteiger partial charge in [0.25, 0.3) is 11.8 Å². The summed E-state index contributed by atoms with van der Waals surface area (Å²) < 4.78 is 10.5. The van der Waals surface area contributed by atoms with Gasteiger partial charge in [-0.15, -0.1) is 0 Å². The maximum absolute atomic E-state index is 13.3. The Morgan fingerprint density at radius 3 is 2.09 bits per heavy atom. The second-order valence-electron chi connectivity index (χ2n) is 7.72. The highest BCUT2D eigenvalue weighted by Crippen LogP contribution is 2.31. The molecule has 0 saturated heterocycles. The number of aryl methyl sites for hydroxylation is 1. The van der Waals surface area contributed by atoms with Crippen LogP contribution in [0.15, 0.2) is 28.7 Å². The molecule has 0 aliphatic carbocycles. The first-order valence-corrected chi connectivity index (χ1v) is 10.2. The number of ketones is 1. The fourth-order valence-electron chi connectivity index (χ4n) is 3.82. The Labute approximate surface area is 184 Å². The number of ether oxygens (including phenoxy) is 1. The number of hydrogen-bond donors (Lipinski definition) is 1. The van der Waals surface area contributed by atoms with Gasteiger partial charge in [-0.2, -0.15) is 0 Å². The molecule has 3 amide bonds. The molecule has 0 saturated carbocycles. The van der Waals surface area contributed by atoms with Crippen molar-refractivity contribution < 1.29 is 33.1 Å². The summed E-state index contributed by atoms with van der Waals surface area (Å²) in [5, 5.41) is 2.49. The third-order valence-corrected chi connectivity index (χ3v) is 5.16. The minimum Gasteiger partial charge on any atom is -0.462 e. The molecule has 9 nitrogen and oxygen atoms in total.